The predicted octanol–water partition coefficient (Wildman–Crippen LogP) is 3.81. The van der Waals surface area contributed by atoms with Crippen molar-refractivity contribution in [3.8, 4) is 5.69 Å². The molecule has 0 saturated carbocycles. The number of halogens is 3. The van der Waals surface area contributed by atoms with Gasteiger partial charge in [0.25, 0.3) is 0 Å². The molecule has 132 valence electrons. The van der Waals surface area contributed by atoms with Crippen molar-refractivity contribution >= 4 is 21.6 Å². The van der Waals surface area contributed by atoms with Crippen LogP contribution in [0.4, 0.5) is 8.78 Å². The topological polar surface area (TPSA) is 52.3 Å². The van der Waals surface area contributed by atoms with E-state index in [4.69, 9.17) is 4.74 Å². The first kappa shape index (κ1) is 17.0. The summed E-state index contributed by atoms with van der Waals surface area (Å²) in [4.78, 5) is 4.46. The zero-order valence-corrected chi connectivity index (χ0v) is 15.3. The van der Waals surface area contributed by atoms with Crippen molar-refractivity contribution in [2.75, 3.05) is 7.11 Å². The zero-order valence-electron chi connectivity index (χ0n) is 13.7. The second kappa shape index (κ2) is 6.69. The van der Waals surface area contributed by atoms with Gasteiger partial charge in [0.2, 0.25) is 0 Å². The highest BCUT2D eigenvalue weighted by Gasteiger charge is 2.26. The number of ether oxygens (including phenoxy) is 1. The van der Waals surface area contributed by atoms with Gasteiger partial charge in [0, 0.05) is 17.1 Å². The summed E-state index contributed by atoms with van der Waals surface area (Å²) in [5, 5.41) is 8.31. The van der Waals surface area contributed by atoms with Crippen LogP contribution in [-0.4, -0.2) is 27.6 Å². The van der Waals surface area contributed by atoms with E-state index in [0.717, 1.165) is 4.47 Å². The van der Waals surface area contributed by atoms with Crippen molar-refractivity contribution < 1.29 is 13.5 Å². The van der Waals surface area contributed by atoms with Crippen LogP contribution in [0.15, 0.2) is 45.9 Å². The molecule has 8 heteroatoms. The van der Waals surface area contributed by atoms with Gasteiger partial charge in [-0.25, -0.2) is 8.78 Å². The van der Waals surface area contributed by atoms with Crippen molar-refractivity contribution in [1.29, 1.82) is 0 Å². The molecule has 3 aromatic rings. The summed E-state index contributed by atoms with van der Waals surface area (Å²) in [6.45, 7) is 0.397. The summed E-state index contributed by atoms with van der Waals surface area (Å²) in [6, 6.07) is 9.20. The second-order valence-electron chi connectivity index (χ2n) is 5.72. The molecule has 1 aliphatic rings. The maximum atomic E-state index is 14.4. The van der Waals surface area contributed by atoms with Crippen LogP contribution in [0, 0.1) is 11.6 Å². The lowest BCUT2D eigenvalue weighted by molar-refractivity contribution is 0.176. The van der Waals surface area contributed by atoms with E-state index in [9.17, 15) is 8.78 Å². The fourth-order valence-electron chi connectivity index (χ4n) is 3.02. The number of hydrogen-bond acceptors (Lipinski definition) is 4. The minimum atomic E-state index is -0.660. The number of hydrogen-bond donors (Lipinski definition) is 0. The largest absolute Gasteiger partial charge is 0.377 e. The van der Waals surface area contributed by atoms with Crippen LogP contribution in [0.25, 0.3) is 5.69 Å². The van der Waals surface area contributed by atoms with E-state index in [1.807, 2.05) is 10.6 Å². The van der Waals surface area contributed by atoms with Crippen LogP contribution < -0.4 is 0 Å². The summed E-state index contributed by atoms with van der Waals surface area (Å²) >= 11 is 3.45. The lowest BCUT2D eigenvalue weighted by Crippen LogP contribution is -2.12. The van der Waals surface area contributed by atoms with Crippen LogP contribution in [-0.2, 0) is 17.9 Å². The molecule has 1 aromatic heterocycles. The Kier molecular flexibility index (Phi) is 4.37. The van der Waals surface area contributed by atoms with E-state index in [0.29, 0.717) is 22.9 Å². The molecule has 26 heavy (non-hydrogen) atoms. The lowest BCUT2D eigenvalue weighted by Gasteiger charge is -2.14. The third kappa shape index (κ3) is 2.75. The summed E-state index contributed by atoms with van der Waals surface area (Å²) in [6.07, 6.45) is 0. The Morgan fingerprint density at radius 2 is 1.92 bits per heavy atom. The second-order valence-corrected chi connectivity index (χ2v) is 6.64. The molecule has 1 aliphatic heterocycles. The maximum Gasteiger partial charge on any atom is 0.163 e. The van der Waals surface area contributed by atoms with E-state index in [1.165, 1.54) is 18.2 Å². The zero-order chi connectivity index (χ0) is 18.3. The number of rotatable bonds is 3. The van der Waals surface area contributed by atoms with Gasteiger partial charge >= 0.3 is 0 Å². The number of methoxy groups -OCH3 is 1. The van der Waals surface area contributed by atoms with Crippen LogP contribution in [0.1, 0.15) is 22.8 Å². The van der Waals surface area contributed by atoms with Crippen LogP contribution in [0.2, 0.25) is 0 Å². The molecule has 0 atom stereocenters. The van der Waals surface area contributed by atoms with Crippen molar-refractivity contribution in [3.05, 3.63) is 75.3 Å². The molecule has 4 rings (SSSR count). The average molecular weight is 419 g/mol. The molecule has 0 aliphatic carbocycles. The third-order valence-corrected chi connectivity index (χ3v) is 4.60. The molecule has 0 N–H and O–H groups in total. The Morgan fingerprint density at radius 3 is 2.65 bits per heavy atom. The smallest absolute Gasteiger partial charge is 0.163 e. The van der Waals surface area contributed by atoms with Gasteiger partial charge in [0.15, 0.2) is 11.6 Å². The van der Waals surface area contributed by atoms with E-state index in [-0.39, 0.29) is 24.4 Å². The van der Waals surface area contributed by atoms with Crippen molar-refractivity contribution in [3.63, 3.8) is 0 Å². The summed E-state index contributed by atoms with van der Waals surface area (Å²) in [7, 11) is 1.57. The van der Waals surface area contributed by atoms with Crippen LogP contribution in [0.5, 0.6) is 0 Å². The number of aliphatic imine (C=N–C) groups is 1. The molecule has 0 bridgehead atoms. The molecule has 2 heterocycles. The molecule has 5 nitrogen and oxygen atoms in total. The predicted molar refractivity (Wildman–Crippen MR) is 95.5 cm³/mol. The van der Waals surface area contributed by atoms with Gasteiger partial charge in [0.05, 0.1) is 17.0 Å². The molecular formula is C18H13BrF2N4O. The Labute approximate surface area is 156 Å². The summed E-state index contributed by atoms with van der Waals surface area (Å²) in [5.41, 5.74) is 1.37. The van der Waals surface area contributed by atoms with Gasteiger partial charge in [0.1, 0.15) is 24.8 Å². The normalized spacial score (nSPS) is 13.0. The SMILES string of the molecule is COCc1nnc2n1-c1cc(Br)ccc1C(c1c(F)cccc1F)=NC2. The fourth-order valence-corrected chi connectivity index (χ4v) is 3.37. The van der Waals surface area contributed by atoms with Crippen molar-refractivity contribution in [2.45, 2.75) is 13.2 Å². The van der Waals surface area contributed by atoms with E-state index in [1.54, 1.807) is 19.2 Å². The monoisotopic (exact) mass is 418 g/mol. The Morgan fingerprint density at radius 1 is 1.15 bits per heavy atom. The highest BCUT2D eigenvalue weighted by atomic mass is 79.9. The van der Waals surface area contributed by atoms with E-state index >= 15 is 0 Å². The van der Waals surface area contributed by atoms with Gasteiger partial charge in [-0.15, -0.1) is 10.2 Å². The van der Waals surface area contributed by atoms with E-state index < -0.39 is 11.6 Å². The van der Waals surface area contributed by atoms with Crippen molar-refractivity contribution in [2.24, 2.45) is 4.99 Å². The molecule has 0 amide bonds. The van der Waals surface area contributed by atoms with Gasteiger partial charge in [-0.2, -0.15) is 0 Å². The first-order chi connectivity index (χ1) is 12.6. The minimum absolute atomic E-state index is 0.145. The third-order valence-electron chi connectivity index (χ3n) is 4.10. The molecular weight excluding hydrogens is 406 g/mol. The number of nitrogens with zero attached hydrogens (tertiary/aromatic N) is 4. The average Bonchev–Trinajstić information content (AvgIpc) is 2.93. The minimum Gasteiger partial charge on any atom is -0.377 e. The molecule has 0 unspecified atom stereocenters. The quantitative estimate of drug-likeness (QED) is 0.649. The highest BCUT2D eigenvalue weighted by molar-refractivity contribution is 9.10. The molecule has 0 spiro atoms. The Hall–Kier alpha value is -2.45. The standard InChI is InChI=1S/C18H13BrF2N4O/c1-26-9-16-24-23-15-8-22-18(17-12(20)3-2-4-13(17)21)11-6-5-10(19)7-14(11)25(15)16/h2-7H,8-9H2,1H3. The van der Waals surface area contributed by atoms with Crippen LogP contribution in [0.3, 0.4) is 0 Å². The summed E-state index contributed by atoms with van der Waals surface area (Å²) in [5.74, 6) is -0.157. The fraction of sp³-hybridized carbons (Fsp3) is 0.167. The summed E-state index contributed by atoms with van der Waals surface area (Å²) < 4.78 is 36.7. The highest BCUT2D eigenvalue weighted by Crippen LogP contribution is 2.30. The van der Waals surface area contributed by atoms with E-state index in [2.05, 4.69) is 31.1 Å². The maximum absolute atomic E-state index is 14.4. The number of benzene rings is 2. The number of fused-ring (bicyclic) bond motifs is 3. The van der Waals surface area contributed by atoms with Crippen molar-refractivity contribution in [1.82, 2.24) is 14.8 Å². The van der Waals surface area contributed by atoms with Gasteiger partial charge < -0.3 is 4.74 Å². The molecule has 0 saturated heterocycles. The Bertz CT molecular complexity index is 1010. The molecule has 2 aromatic carbocycles. The van der Waals surface area contributed by atoms with Crippen LogP contribution >= 0.6 is 15.9 Å². The Balaban J connectivity index is 2.00. The number of aromatic nitrogens is 3. The van der Waals surface area contributed by atoms with Gasteiger partial charge in [-0.05, 0) is 30.3 Å². The first-order valence-electron chi connectivity index (χ1n) is 7.81. The van der Waals surface area contributed by atoms with Gasteiger partial charge in [-0.1, -0.05) is 22.0 Å². The molecule has 0 radical (unpaired) electrons. The van der Waals surface area contributed by atoms with Gasteiger partial charge in [-0.3, -0.25) is 9.56 Å². The molecule has 0 fully saturated rings. The lowest BCUT2D eigenvalue weighted by atomic mass is 9.99. The first-order valence-corrected chi connectivity index (χ1v) is 8.60.